The summed E-state index contributed by atoms with van der Waals surface area (Å²) in [5, 5.41) is 1.23. The van der Waals surface area contributed by atoms with Crippen molar-refractivity contribution in [3.8, 4) is 0 Å². The molecule has 1 aliphatic carbocycles. The summed E-state index contributed by atoms with van der Waals surface area (Å²) < 4.78 is 2.41. The zero-order chi connectivity index (χ0) is 18.4. The van der Waals surface area contributed by atoms with Crippen LogP contribution in [-0.2, 0) is 11.2 Å². The summed E-state index contributed by atoms with van der Waals surface area (Å²) in [5.41, 5.74) is 3.61. The summed E-state index contributed by atoms with van der Waals surface area (Å²) in [7, 11) is 0. The van der Waals surface area contributed by atoms with Gasteiger partial charge in [-0.15, -0.1) is 0 Å². The van der Waals surface area contributed by atoms with Crippen LogP contribution in [0.2, 0.25) is 0 Å². The molecule has 3 heterocycles. The first kappa shape index (κ1) is 16.6. The highest BCUT2D eigenvalue weighted by molar-refractivity contribution is 5.84. The fourth-order valence-electron chi connectivity index (χ4n) is 4.50. The van der Waals surface area contributed by atoms with Gasteiger partial charge >= 0.3 is 0 Å². The van der Waals surface area contributed by atoms with Crippen LogP contribution in [0.25, 0.3) is 10.9 Å². The third-order valence-electron chi connectivity index (χ3n) is 6.12. The number of hydrogen-bond acceptors (Lipinski definition) is 2. The molecule has 27 heavy (non-hydrogen) atoms. The van der Waals surface area contributed by atoms with E-state index in [9.17, 15) is 4.79 Å². The summed E-state index contributed by atoms with van der Waals surface area (Å²) in [6, 6.07) is 8.68. The van der Waals surface area contributed by atoms with Crippen molar-refractivity contribution in [1.29, 1.82) is 0 Å². The average Bonchev–Trinajstić information content (AvgIpc) is 3.10. The number of amides is 1. The lowest BCUT2D eigenvalue weighted by Crippen LogP contribution is -2.29. The van der Waals surface area contributed by atoms with E-state index in [4.69, 9.17) is 0 Å². The first-order chi connectivity index (χ1) is 13.2. The number of carbonyl (C=O) groups excluding carboxylic acids is 1. The second-order valence-electron chi connectivity index (χ2n) is 8.04. The maximum atomic E-state index is 12.8. The molecule has 1 saturated heterocycles. The second-order valence-corrected chi connectivity index (χ2v) is 8.04. The number of imidazole rings is 1. The van der Waals surface area contributed by atoms with Crippen LogP contribution in [-0.4, -0.2) is 38.4 Å². The van der Waals surface area contributed by atoms with Crippen LogP contribution in [0, 0.1) is 6.92 Å². The highest BCUT2D eigenvalue weighted by Crippen LogP contribution is 2.41. The van der Waals surface area contributed by atoms with E-state index in [0.717, 1.165) is 31.4 Å². The molecule has 2 aliphatic rings. The molecular formula is C22H26N4O. The Morgan fingerprint density at radius 1 is 1.26 bits per heavy atom. The Morgan fingerprint density at radius 3 is 2.96 bits per heavy atom. The number of para-hydroxylation sites is 1. The van der Waals surface area contributed by atoms with E-state index in [2.05, 4.69) is 44.6 Å². The average molecular weight is 362 g/mol. The fourth-order valence-corrected chi connectivity index (χ4v) is 4.50. The number of nitrogens with one attached hydrogen (secondary N) is 1. The maximum Gasteiger partial charge on any atom is 0.222 e. The fraction of sp³-hybridized carbons (Fsp3) is 0.455. The third-order valence-corrected chi connectivity index (χ3v) is 6.12. The van der Waals surface area contributed by atoms with Crippen molar-refractivity contribution < 1.29 is 4.79 Å². The van der Waals surface area contributed by atoms with Crippen LogP contribution >= 0.6 is 0 Å². The van der Waals surface area contributed by atoms with E-state index < -0.39 is 0 Å². The molecule has 0 spiro atoms. The molecule has 5 rings (SSSR count). The summed E-state index contributed by atoms with van der Waals surface area (Å²) in [4.78, 5) is 22.8. The molecule has 1 saturated carbocycles. The second kappa shape index (κ2) is 6.55. The molecule has 2 aromatic heterocycles. The number of aryl methyl sites for hydroxylation is 2. The summed E-state index contributed by atoms with van der Waals surface area (Å²) in [6.45, 7) is 3.82. The van der Waals surface area contributed by atoms with Gasteiger partial charge in [0, 0.05) is 54.4 Å². The monoisotopic (exact) mass is 362 g/mol. The number of rotatable bonds is 5. The minimum atomic E-state index is 0.272. The van der Waals surface area contributed by atoms with Crippen molar-refractivity contribution in [2.45, 2.75) is 51.0 Å². The Hall–Kier alpha value is -2.56. The van der Waals surface area contributed by atoms with Gasteiger partial charge in [0.15, 0.2) is 0 Å². The Labute approximate surface area is 159 Å². The van der Waals surface area contributed by atoms with Gasteiger partial charge in [-0.25, -0.2) is 4.98 Å². The number of benzene rings is 1. The number of nitrogens with zero attached hydrogens (tertiary/aromatic N) is 3. The molecule has 140 valence electrons. The van der Waals surface area contributed by atoms with Gasteiger partial charge in [-0.2, -0.15) is 0 Å². The number of carbonyl (C=O) groups is 1. The lowest BCUT2D eigenvalue weighted by atomic mass is 10.1. The van der Waals surface area contributed by atoms with Crippen molar-refractivity contribution in [1.82, 2.24) is 19.4 Å². The van der Waals surface area contributed by atoms with Crippen LogP contribution < -0.4 is 0 Å². The smallest absolute Gasteiger partial charge is 0.222 e. The molecule has 5 heteroatoms. The highest BCUT2D eigenvalue weighted by Gasteiger charge is 2.34. The topological polar surface area (TPSA) is 53.9 Å². The minimum Gasteiger partial charge on any atom is -0.361 e. The largest absolute Gasteiger partial charge is 0.361 e. The molecule has 2 fully saturated rings. The molecule has 5 nitrogen and oxygen atoms in total. The highest BCUT2D eigenvalue weighted by atomic mass is 16.2. The quantitative estimate of drug-likeness (QED) is 0.747. The molecule has 1 unspecified atom stereocenters. The van der Waals surface area contributed by atoms with E-state index in [1.807, 2.05) is 18.5 Å². The summed E-state index contributed by atoms with van der Waals surface area (Å²) in [5.74, 6) is 2.16. The first-order valence-electron chi connectivity index (χ1n) is 10.1. The van der Waals surface area contributed by atoms with Gasteiger partial charge < -0.3 is 14.5 Å². The Morgan fingerprint density at radius 2 is 2.11 bits per heavy atom. The third kappa shape index (κ3) is 3.05. The number of hydrogen-bond donors (Lipinski definition) is 1. The van der Waals surface area contributed by atoms with E-state index in [1.165, 1.54) is 35.3 Å². The summed E-state index contributed by atoms with van der Waals surface area (Å²) >= 11 is 0. The van der Waals surface area contributed by atoms with Crippen LogP contribution in [0.3, 0.4) is 0 Å². The molecule has 0 bridgehead atoms. The molecule has 1 amide bonds. The summed E-state index contributed by atoms with van der Waals surface area (Å²) in [6.07, 6.45) is 8.97. The Balaban J connectivity index is 1.24. The molecule has 1 N–H and O–H groups in total. The molecule has 1 atom stereocenters. The predicted molar refractivity (Wildman–Crippen MR) is 106 cm³/mol. The van der Waals surface area contributed by atoms with Gasteiger partial charge in [0.05, 0.1) is 6.04 Å². The lowest BCUT2D eigenvalue weighted by Gasteiger charge is -2.19. The first-order valence-corrected chi connectivity index (χ1v) is 10.1. The minimum absolute atomic E-state index is 0.272. The van der Waals surface area contributed by atoms with Gasteiger partial charge in [0.1, 0.15) is 5.82 Å². The van der Waals surface area contributed by atoms with Crippen LogP contribution in [0.1, 0.15) is 54.7 Å². The maximum absolute atomic E-state index is 12.8. The lowest BCUT2D eigenvalue weighted by molar-refractivity contribution is -0.130. The molecule has 0 radical (unpaired) electrons. The van der Waals surface area contributed by atoms with Gasteiger partial charge in [0.25, 0.3) is 0 Å². The van der Waals surface area contributed by atoms with Crippen molar-refractivity contribution in [3.05, 3.63) is 53.7 Å². The molecular weight excluding hydrogens is 336 g/mol. The molecule has 3 aromatic rings. The predicted octanol–water partition coefficient (Wildman–Crippen LogP) is 3.96. The van der Waals surface area contributed by atoms with Gasteiger partial charge in [-0.3, -0.25) is 4.79 Å². The van der Waals surface area contributed by atoms with Gasteiger partial charge in [-0.05, 0) is 44.2 Å². The van der Waals surface area contributed by atoms with Gasteiger partial charge in [0.2, 0.25) is 5.91 Å². The van der Waals surface area contributed by atoms with Crippen molar-refractivity contribution in [3.63, 3.8) is 0 Å². The van der Waals surface area contributed by atoms with Crippen molar-refractivity contribution in [2.24, 2.45) is 0 Å². The number of fused-ring (bicyclic) bond motifs is 1. The van der Waals surface area contributed by atoms with Gasteiger partial charge in [-0.1, -0.05) is 18.2 Å². The number of aromatic nitrogens is 3. The molecule has 1 aliphatic heterocycles. The zero-order valence-corrected chi connectivity index (χ0v) is 15.8. The number of H-pyrrole nitrogens is 1. The van der Waals surface area contributed by atoms with E-state index in [0.29, 0.717) is 18.4 Å². The van der Waals surface area contributed by atoms with Crippen LogP contribution in [0.15, 0.2) is 36.7 Å². The normalized spacial score (nSPS) is 19.9. The van der Waals surface area contributed by atoms with E-state index in [1.54, 1.807) is 0 Å². The Kier molecular flexibility index (Phi) is 4.03. The zero-order valence-electron chi connectivity index (χ0n) is 15.8. The van der Waals surface area contributed by atoms with Crippen LogP contribution in [0.4, 0.5) is 0 Å². The van der Waals surface area contributed by atoms with Crippen molar-refractivity contribution >= 4 is 16.8 Å². The standard InChI is InChI=1S/C22H26N4O/c1-15-12-24-22(16-6-7-16)26(15)18-10-11-25(14-18)21(27)9-8-17-13-23-20-5-3-2-4-19(17)20/h2-5,12-13,16,18,23H,6-11,14H2,1H3. The SMILES string of the molecule is Cc1cnc(C2CC2)n1C1CCN(C(=O)CCc2c[nH]c3ccccc23)C1. The molecule has 1 aromatic carbocycles. The van der Waals surface area contributed by atoms with E-state index in [-0.39, 0.29) is 5.91 Å². The van der Waals surface area contributed by atoms with E-state index >= 15 is 0 Å². The van der Waals surface area contributed by atoms with Crippen LogP contribution in [0.5, 0.6) is 0 Å². The number of likely N-dealkylation sites (tertiary alicyclic amines) is 1. The Bertz CT molecular complexity index is 981. The van der Waals surface area contributed by atoms with Crippen molar-refractivity contribution in [2.75, 3.05) is 13.1 Å². The number of aromatic amines is 1.